The van der Waals surface area contributed by atoms with Crippen LogP contribution in [0.3, 0.4) is 0 Å². The van der Waals surface area contributed by atoms with E-state index < -0.39 is 22.1 Å². The summed E-state index contributed by atoms with van der Waals surface area (Å²) in [7, 11) is -3.97. The molecule has 1 aromatic carbocycles. The molecule has 2 rings (SSSR count). The van der Waals surface area contributed by atoms with Crippen molar-refractivity contribution in [3.63, 3.8) is 0 Å². The molecule has 152 valence electrons. The molecule has 0 aliphatic carbocycles. The molecule has 1 heterocycles. The average molecular weight is 417 g/mol. The van der Waals surface area contributed by atoms with Gasteiger partial charge in [-0.05, 0) is 42.8 Å². The second kappa shape index (κ2) is 9.02. The highest BCUT2D eigenvalue weighted by Gasteiger charge is 2.31. The molecule has 0 bridgehead atoms. The number of hydrogen-bond acceptors (Lipinski definition) is 5. The molecule has 1 aromatic heterocycles. The SMILES string of the molecule is CC(NC(=O)CCNS(=O)(=O)c1ccc(OC(F)(F)F)cc1)c1cccnc1. The van der Waals surface area contributed by atoms with E-state index in [-0.39, 0.29) is 29.8 Å². The summed E-state index contributed by atoms with van der Waals surface area (Å²) in [5, 5.41) is 2.71. The highest BCUT2D eigenvalue weighted by atomic mass is 32.2. The lowest BCUT2D eigenvalue weighted by molar-refractivity contribution is -0.274. The number of rotatable bonds is 8. The van der Waals surface area contributed by atoms with Gasteiger partial charge in [0.15, 0.2) is 0 Å². The molecule has 0 spiro atoms. The highest BCUT2D eigenvalue weighted by molar-refractivity contribution is 7.89. The number of sulfonamides is 1. The Bertz CT molecular complexity index is 888. The molecule has 0 aliphatic heterocycles. The fraction of sp³-hybridized carbons (Fsp3) is 0.294. The van der Waals surface area contributed by atoms with Crippen LogP contribution in [0.25, 0.3) is 0 Å². The summed E-state index contributed by atoms with van der Waals surface area (Å²) in [6.07, 6.45) is -1.76. The third kappa shape index (κ3) is 6.82. The number of pyridine rings is 1. The molecule has 1 unspecified atom stereocenters. The Labute approximate surface area is 160 Å². The maximum Gasteiger partial charge on any atom is 0.573 e. The lowest BCUT2D eigenvalue weighted by Crippen LogP contribution is -2.32. The van der Waals surface area contributed by atoms with Crippen LogP contribution in [0.1, 0.15) is 24.9 Å². The Kier molecular flexibility index (Phi) is 6.97. The lowest BCUT2D eigenvalue weighted by Gasteiger charge is -2.14. The normalized spacial score (nSPS) is 13.0. The molecule has 0 aliphatic rings. The predicted octanol–water partition coefficient (Wildman–Crippen LogP) is 2.53. The van der Waals surface area contributed by atoms with Gasteiger partial charge in [0.25, 0.3) is 0 Å². The van der Waals surface area contributed by atoms with Crippen molar-refractivity contribution < 1.29 is 31.1 Å². The Balaban J connectivity index is 1.85. The number of ether oxygens (including phenoxy) is 1. The molecule has 1 amide bonds. The average Bonchev–Trinajstić information content (AvgIpc) is 2.61. The summed E-state index contributed by atoms with van der Waals surface area (Å²) in [5.41, 5.74) is 0.803. The Morgan fingerprint density at radius 3 is 2.46 bits per heavy atom. The molecule has 1 atom stereocenters. The van der Waals surface area contributed by atoms with E-state index in [0.717, 1.165) is 29.8 Å². The first kappa shape index (κ1) is 21.6. The van der Waals surface area contributed by atoms with Gasteiger partial charge < -0.3 is 10.1 Å². The zero-order chi connectivity index (χ0) is 20.8. The Morgan fingerprint density at radius 2 is 1.89 bits per heavy atom. The zero-order valence-electron chi connectivity index (χ0n) is 14.7. The molecular weight excluding hydrogens is 399 g/mol. The Hall–Kier alpha value is -2.66. The van der Waals surface area contributed by atoms with E-state index in [0.29, 0.717) is 0 Å². The number of carbonyl (C=O) groups excluding carboxylic acids is 1. The molecule has 0 saturated carbocycles. The molecule has 2 N–H and O–H groups in total. The van der Waals surface area contributed by atoms with Crippen molar-refractivity contribution in [2.75, 3.05) is 6.54 Å². The predicted molar refractivity (Wildman–Crippen MR) is 93.7 cm³/mol. The van der Waals surface area contributed by atoms with Crippen LogP contribution in [0.15, 0.2) is 53.7 Å². The van der Waals surface area contributed by atoms with E-state index in [9.17, 15) is 26.4 Å². The number of nitrogens with one attached hydrogen (secondary N) is 2. The molecule has 0 saturated heterocycles. The van der Waals surface area contributed by atoms with Crippen molar-refractivity contribution in [3.8, 4) is 5.75 Å². The number of nitrogens with zero attached hydrogens (tertiary/aromatic N) is 1. The van der Waals surface area contributed by atoms with Crippen LogP contribution in [-0.2, 0) is 14.8 Å². The first-order chi connectivity index (χ1) is 13.1. The summed E-state index contributed by atoms with van der Waals surface area (Å²) in [6.45, 7) is 1.60. The second-order valence-electron chi connectivity index (χ2n) is 5.74. The minimum absolute atomic E-state index is 0.112. The quantitative estimate of drug-likeness (QED) is 0.688. The van der Waals surface area contributed by atoms with E-state index in [1.807, 2.05) is 0 Å². The van der Waals surface area contributed by atoms with Crippen LogP contribution in [0.4, 0.5) is 13.2 Å². The second-order valence-corrected chi connectivity index (χ2v) is 7.51. The van der Waals surface area contributed by atoms with Gasteiger partial charge in [0, 0.05) is 25.4 Å². The van der Waals surface area contributed by atoms with Crippen LogP contribution < -0.4 is 14.8 Å². The first-order valence-corrected chi connectivity index (χ1v) is 9.60. The highest BCUT2D eigenvalue weighted by Crippen LogP contribution is 2.23. The molecular formula is C17H18F3N3O4S. The third-order valence-corrected chi connectivity index (χ3v) is 5.05. The van der Waals surface area contributed by atoms with Crippen LogP contribution >= 0.6 is 0 Å². The number of amides is 1. The number of halogens is 3. The van der Waals surface area contributed by atoms with Gasteiger partial charge in [-0.25, -0.2) is 13.1 Å². The molecule has 0 fully saturated rings. The van der Waals surface area contributed by atoms with Crippen molar-refractivity contribution in [2.45, 2.75) is 30.6 Å². The van der Waals surface area contributed by atoms with E-state index in [1.54, 1.807) is 31.5 Å². The first-order valence-electron chi connectivity index (χ1n) is 8.11. The number of aromatic nitrogens is 1. The van der Waals surface area contributed by atoms with Crippen molar-refractivity contribution in [3.05, 3.63) is 54.4 Å². The van der Waals surface area contributed by atoms with Crippen LogP contribution in [0.5, 0.6) is 5.75 Å². The molecule has 11 heteroatoms. The Morgan fingerprint density at radius 1 is 1.21 bits per heavy atom. The summed E-state index contributed by atoms with van der Waals surface area (Å²) in [4.78, 5) is 15.6. The molecule has 7 nitrogen and oxygen atoms in total. The van der Waals surface area contributed by atoms with Gasteiger partial charge in [0.05, 0.1) is 10.9 Å². The van der Waals surface area contributed by atoms with Crippen LogP contribution in [-0.4, -0.2) is 32.2 Å². The number of hydrogen-bond donors (Lipinski definition) is 2. The van der Waals surface area contributed by atoms with Gasteiger partial charge >= 0.3 is 6.36 Å². The van der Waals surface area contributed by atoms with Crippen molar-refractivity contribution in [1.82, 2.24) is 15.0 Å². The van der Waals surface area contributed by atoms with Crippen molar-refractivity contribution in [1.29, 1.82) is 0 Å². The number of alkyl halides is 3. The van der Waals surface area contributed by atoms with E-state index in [4.69, 9.17) is 0 Å². The van der Waals surface area contributed by atoms with E-state index in [2.05, 4.69) is 19.8 Å². The van der Waals surface area contributed by atoms with Gasteiger partial charge in [-0.2, -0.15) is 0 Å². The van der Waals surface area contributed by atoms with Gasteiger partial charge in [-0.3, -0.25) is 9.78 Å². The molecule has 28 heavy (non-hydrogen) atoms. The fourth-order valence-corrected chi connectivity index (χ4v) is 3.26. The van der Waals surface area contributed by atoms with Crippen molar-refractivity contribution >= 4 is 15.9 Å². The van der Waals surface area contributed by atoms with Gasteiger partial charge in [-0.1, -0.05) is 6.07 Å². The van der Waals surface area contributed by atoms with E-state index in [1.165, 1.54) is 0 Å². The maximum absolute atomic E-state index is 12.1. The van der Waals surface area contributed by atoms with Gasteiger partial charge in [0.1, 0.15) is 5.75 Å². The molecule has 2 aromatic rings. The third-order valence-electron chi connectivity index (χ3n) is 3.57. The topological polar surface area (TPSA) is 97.4 Å². The lowest BCUT2D eigenvalue weighted by atomic mass is 10.1. The summed E-state index contributed by atoms with van der Waals surface area (Å²) < 4.78 is 66.6. The molecule has 0 radical (unpaired) electrons. The summed E-state index contributed by atoms with van der Waals surface area (Å²) in [5.74, 6) is -0.900. The smallest absolute Gasteiger partial charge is 0.406 e. The van der Waals surface area contributed by atoms with E-state index >= 15 is 0 Å². The monoisotopic (exact) mass is 417 g/mol. The van der Waals surface area contributed by atoms with Crippen LogP contribution in [0, 0.1) is 0 Å². The number of carbonyl (C=O) groups is 1. The minimum Gasteiger partial charge on any atom is -0.406 e. The largest absolute Gasteiger partial charge is 0.573 e. The maximum atomic E-state index is 12.1. The summed E-state index contributed by atoms with van der Waals surface area (Å²) in [6, 6.07) is 6.99. The zero-order valence-corrected chi connectivity index (χ0v) is 15.5. The van der Waals surface area contributed by atoms with Crippen LogP contribution in [0.2, 0.25) is 0 Å². The van der Waals surface area contributed by atoms with Gasteiger partial charge in [0.2, 0.25) is 15.9 Å². The fourth-order valence-electron chi connectivity index (χ4n) is 2.23. The summed E-state index contributed by atoms with van der Waals surface area (Å²) >= 11 is 0. The number of benzene rings is 1. The standard InChI is InChI=1S/C17H18F3N3O4S/c1-12(13-3-2-9-21-11-13)23-16(24)8-10-22-28(25,26)15-6-4-14(5-7-15)27-17(18,19)20/h2-7,9,11-12,22H,8,10H2,1H3,(H,23,24). The minimum atomic E-state index is -4.86. The van der Waals surface area contributed by atoms with Gasteiger partial charge in [-0.15, -0.1) is 13.2 Å². The van der Waals surface area contributed by atoms with Crippen molar-refractivity contribution in [2.24, 2.45) is 0 Å².